The molecule has 0 aliphatic carbocycles. The minimum atomic E-state index is 0.673. The van der Waals surface area contributed by atoms with E-state index in [0.29, 0.717) is 6.04 Å². The maximum atomic E-state index is 4.53. The summed E-state index contributed by atoms with van der Waals surface area (Å²) < 4.78 is 0. The molecular weight excluding hydrogens is 292 g/mol. The highest BCUT2D eigenvalue weighted by Gasteiger charge is 2.24. The third kappa shape index (κ3) is 5.05. The van der Waals surface area contributed by atoms with Crippen molar-refractivity contribution in [3.8, 4) is 0 Å². The van der Waals surface area contributed by atoms with Crippen LogP contribution in [0.25, 0.3) is 0 Å². The monoisotopic (exact) mass is 326 g/mol. The first kappa shape index (κ1) is 17.9. The SMILES string of the molecule is CCC1CN(C(=NC)NCC2CCCN(C(C)C)C2)CCS1. The zero-order valence-electron chi connectivity index (χ0n) is 14.8. The van der Waals surface area contributed by atoms with E-state index >= 15 is 0 Å². The summed E-state index contributed by atoms with van der Waals surface area (Å²) in [4.78, 5) is 9.59. The van der Waals surface area contributed by atoms with E-state index in [-0.39, 0.29) is 0 Å². The molecule has 0 aromatic carbocycles. The number of aliphatic imine (C=N–C) groups is 1. The second-order valence-corrected chi connectivity index (χ2v) is 8.28. The van der Waals surface area contributed by atoms with Crippen molar-refractivity contribution in [2.75, 3.05) is 45.5 Å². The van der Waals surface area contributed by atoms with Crippen molar-refractivity contribution in [1.29, 1.82) is 0 Å². The molecule has 2 atom stereocenters. The molecule has 0 aromatic heterocycles. The first-order valence-corrected chi connectivity index (χ1v) is 10.00. The summed E-state index contributed by atoms with van der Waals surface area (Å²) in [5, 5.41) is 4.42. The summed E-state index contributed by atoms with van der Waals surface area (Å²) in [6.07, 6.45) is 3.94. The maximum absolute atomic E-state index is 4.53. The van der Waals surface area contributed by atoms with Crippen LogP contribution in [-0.2, 0) is 0 Å². The van der Waals surface area contributed by atoms with Gasteiger partial charge in [-0.05, 0) is 45.6 Å². The van der Waals surface area contributed by atoms with Crippen LogP contribution in [0.3, 0.4) is 0 Å². The molecule has 0 bridgehead atoms. The molecule has 0 spiro atoms. The van der Waals surface area contributed by atoms with Crippen LogP contribution in [0, 0.1) is 5.92 Å². The van der Waals surface area contributed by atoms with Crippen LogP contribution in [0.4, 0.5) is 0 Å². The molecular formula is C17H34N4S. The Kier molecular flexibility index (Phi) is 7.35. The van der Waals surface area contributed by atoms with E-state index in [9.17, 15) is 0 Å². The van der Waals surface area contributed by atoms with Gasteiger partial charge in [0.1, 0.15) is 0 Å². The summed E-state index contributed by atoms with van der Waals surface area (Å²) in [5.41, 5.74) is 0. The number of piperidine rings is 1. The summed E-state index contributed by atoms with van der Waals surface area (Å²) in [7, 11) is 1.92. The van der Waals surface area contributed by atoms with Crippen LogP contribution in [0.5, 0.6) is 0 Å². The molecule has 0 aromatic rings. The largest absolute Gasteiger partial charge is 0.356 e. The zero-order valence-corrected chi connectivity index (χ0v) is 15.7. The highest BCUT2D eigenvalue weighted by Crippen LogP contribution is 2.21. The Morgan fingerprint density at radius 2 is 2.14 bits per heavy atom. The Morgan fingerprint density at radius 3 is 2.82 bits per heavy atom. The Balaban J connectivity index is 1.81. The first-order chi connectivity index (χ1) is 10.6. The molecule has 2 rings (SSSR count). The van der Waals surface area contributed by atoms with Crippen LogP contribution < -0.4 is 5.32 Å². The Morgan fingerprint density at radius 1 is 1.32 bits per heavy atom. The molecule has 5 heteroatoms. The molecule has 0 saturated carbocycles. The number of guanidine groups is 1. The summed E-state index contributed by atoms with van der Waals surface area (Å²) in [6, 6.07) is 0.673. The van der Waals surface area contributed by atoms with E-state index in [4.69, 9.17) is 0 Å². The van der Waals surface area contributed by atoms with Gasteiger partial charge in [0.15, 0.2) is 5.96 Å². The van der Waals surface area contributed by atoms with Gasteiger partial charge in [-0.15, -0.1) is 0 Å². The highest BCUT2D eigenvalue weighted by molar-refractivity contribution is 8.00. The van der Waals surface area contributed by atoms with E-state index < -0.39 is 0 Å². The molecule has 2 unspecified atom stereocenters. The van der Waals surface area contributed by atoms with Gasteiger partial charge in [-0.2, -0.15) is 11.8 Å². The molecule has 2 aliphatic heterocycles. The predicted octanol–water partition coefficient (Wildman–Crippen LogP) is 2.51. The molecule has 1 N–H and O–H groups in total. The Hall–Kier alpha value is -0.420. The van der Waals surface area contributed by atoms with Gasteiger partial charge < -0.3 is 15.1 Å². The Bertz CT molecular complexity index is 359. The third-order valence-electron chi connectivity index (χ3n) is 4.94. The topological polar surface area (TPSA) is 30.9 Å². The molecule has 2 heterocycles. The molecule has 128 valence electrons. The average molecular weight is 327 g/mol. The van der Waals surface area contributed by atoms with Gasteiger partial charge in [-0.25, -0.2) is 0 Å². The van der Waals surface area contributed by atoms with Crippen LogP contribution in [-0.4, -0.2) is 72.6 Å². The molecule has 22 heavy (non-hydrogen) atoms. The van der Waals surface area contributed by atoms with Crippen molar-refractivity contribution in [3.05, 3.63) is 0 Å². The lowest BCUT2D eigenvalue weighted by molar-refractivity contribution is 0.140. The number of rotatable bonds is 4. The van der Waals surface area contributed by atoms with Crippen LogP contribution in [0.2, 0.25) is 0 Å². The molecule has 0 amide bonds. The van der Waals surface area contributed by atoms with E-state index in [0.717, 1.165) is 36.8 Å². The molecule has 2 fully saturated rings. The minimum absolute atomic E-state index is 0.673. The van der Waals surface area contributed by atoms with E-state index in [1.807, 2.05) is 7.05 Å². The summed E-state index contributed by atoms with van der Waals surface area (Å²) in [6.45, 7) is 12.7. The second-order valence-electron chi connectivity index (χ2n) is 6.87. The number of nitrogens with zero attached hydrogens (tertiary/aromatic N) is 3. The number of nitrogens with one attached hydrogen (secondary N) is 1. The van der Waals surface area contributed by atoms with Crippen molar-refractivity contribution in [2.45, 2.75) is 51.3 Å². The van der Waals surface area contributed by atoms with Gasteiger partial charge in [0.2, 0.25) is 0 Å². The zero-order chi connectivity index (χ0) is 15.9. The van der Waals surface area contributed by atoms with Gasteiger partial charge in [0.25, 0.3) is 0 Å². The Labute approximate surface area is 141 Å². The van der Waals surface area contributed by atoms with Gasteiger partial charge in [-0.3, -0.25) is 4.99 Å². The van der Waals surface area contributed by atoms with E-state index in [1.54, 1.807) is 0 Å². The number of hydrogen-bond donors (Lipinski definition) is 1. The fourth-order valence-electron chi connectivity index (χ4n) is 3.46. The summed E-state index contributed by atoms with van der Waals surface area (Å²) >= 11 is 2.11. The van der Waals surface area contributed by atoms with Gasteiger partial charge in [0.05, 0.1) is 0 Å². The highest BCUT2D eigenvalue weighted by atomic mass is 32.2. The maximum Gasteiger partial charge on any atom is 0.193 e. The van der Waals surface area contributed by atoms with Gasteiger partial charge in [0, 0.05) is 50.3 Å². The van der Waals surface area contributed by atoms with E-state index in [1.165, 1.54) is 38.1 Å². The number of likely N-dealkylation sites (tertiary alicyclic amines) is 1. The normalized spacial score (nSPS) is 28.2. The van der Waals surface area contributed by atoms with Crippen molar-refractivity contribution in [3.63, 3.8) is 0 Å². The lowest BCUT2D eigenvalue weighted by atomic mass is 9.97. The molecule has 2 saturated heterocycles. The lowest BCUT2D eigenvalue weighted by Crippen LogP contribution is -2.50. The second kappa shape index (κ2) is 9.02. The van der Waals surface area contributed by atoms with Crippen LogP contribution in [0.15, 0.2) is 4.99 Å². The molecule has 2 aliphatic rings. The van der Waals surface area contributed by atoms with Crippen molar-refractivity contribution >= 4 is 17.7 Å². The molecule has 0 radical (unpaired) electrons. The number of hydrogen-bond acceptors (Lipinski definition) is 3. The van der Waals surface area contributed by atoms with Crippen molar-refractivity contribution < 1.29 is 0 Å². The average Bonchev–Trinajstić information content (AvgIpc) is 2.56. The van der Waals surface area contributed by atoms with Crippen LogP contribution in [0.1, 0.15) is 40.0 Å². The summed E-state index contributed by atoms with van der Waals surface area (Å²) in [5.74, 6) is 3.10. The fraction of sp³-hybridized carbons (Fsp3) is 0.941. The standard InChI is InChI=1S/C17H34N4S/c1-5-16-13-21(9-10-22-16)17(18-4)19-11-15-7-6-8-20(12-15)14(2)3/h14-16H,5-13H2,1-4H3,(H,18,19). The van der Waals surface area contributed by atoms with Gasteiger partial charge >= 0.3 is 0 Å². The smallest absolute Gasteiger partial charge is 0.193 e. The number of thioether (sulfide) groups is 1. The quantitative estimate of drug-likeness (QED) is 0.635. The minimum Gasteiger partial charge on any atom is -0.356 e. The van der Waals surface area contributed by atoms with E-state index in [2.05, 4.69) is 52.6 Å². The lowest BCUT2D eigenvalue weighted by Gasteiger charge is -2.37. The predicted molar refractivity (Wildman–Crippen MR) is 98.9 cm³/mol. The van der Waals surface area contributed by atoms with Crippen molar-refractivity contribution in [2.24, 2.45) is 10.9 Å². The van der Waals surface area contributed by atoms with Gasteiger partial charge in [-0.1, -0.05) is 6.92 Å². The fourth-order valence-corrected chi connectivity index (χ4v) is 4.64. The van der Waals surface area contributed by atoms with Crippen molar-refractivity contribution in [1.82, 2.24) is 15.1 Å². The molecule has 4 nitrogen and oxygen atoms in total. The third-order valence-corrected chi connectivity index (χ3v) is 6.31. The van der Waals surface area contributed by atoms with Crippen LogP contribution >= 0.6 is 11.8 Å². The first-order valence-electron chi connectivity index (χ1n) is 8.95.